The average molecular weight is 493 g/mol. The van der Waals surface area contributed by atoms with E-state index in [2.05, 4.69) is 35.4 Å². The largest absolute Gasteiger partial charge is 0.461 e. The molecule has 0 aliphatic rings. The second kappa shape index (κ2) is 10.2. The molecule has 180 valence electrons. The molecule has 35 heavy (non-hydrogen) atoms. The molecule has 8 nitrogen and oxygen atoms in total. The normalized spacial score (nSPS) is 11.1. The first-order chi connectivity index (χ1) is 16.8. The van der Waals surface area contributed by atoms with Gasteiger partial charge >= 0.3 is 0 Å². The van der Waals surface area contributed by atoms with Crippen LogP contribution in [-0.2, 0) is 11.3 Å². The summed E-state index contributed by atoms with van der Waals surface area (Å²) >= 11 is 1.26. The highest BCUT2D eigenvalue weighted by Gasteiger charge is 2.22. The maximum atomic E-state index is 13.5. The molecule has 0 atom stereocenters. The molecule has 0 bridgehead atoms. The number of hydrogen-bond donors (Lipinski definition) is 1. The van der Waals surface area contributed by atoms with Crippen LogP contribution in [0.2, 0.25) is 0 Å². The van der Waals surface area contributed by atoms with Crippen LogP contribution in [0, 0.1) is 36.9 Å². The molecule has 0 unspecified atom stereocenters. The van der Waals surface area contributed by atoms with Gasteiger partial charge in [-0.1, -0.05) is 25.6 Å². The van der Waals surface area contributed by atoms with Gasteiger partial charge in [0.25, 0.3) is 0 Å². The van der Waals surface area contributed by atoms with E-state index >= 15 is 0 Å². The third-order valence-corrected chi connectivity index (χ3v) is 6.47. The number of nitrogens with one attached hydrogen (secondary N) is 1. The molecule has 10 heteroatoms. The minimum absolute atomic E-state index is 0.0615. The zero-order valence-electron chi connectivity index (χ0n) is 19.9. The number of nitrogens with zero attached hydrogens (tertiary/aromatic N) is 5. The monoisotopic (exact) mass is 492 g/mol. The number of thioether (sulfide) groups is 1. The highest BCUT2D eigenvalue weighted by Crippen LogP contribution is 2.31. The summed E-state index contributed by atoms with van der Waals surface area (Å²) in [5.74, 6) is 1.30. The number of furan rings is 1. The predicted molar refractivity (Wildman–Crippen MR) is 132 cm³/mol. The summed E-state index contributed by atoms with van der Waals surface area (Å²) in [4.78, 5) is 13.0. The lowest BCUT2D eigenvalue weighted by Crippen LogP contribution is -2.18. The summed E-state index contributed by atoms with van der Waals surface area (Å²) in [7, 11) is 0. The number of amides is 1. The van der Waals surface area contributed by atoms with E-state index in [0.29, 0.717) is 46.3 Å². The molecule has 0 radical (unpaired) electrons. The number of carbonyl (C=O) groups is 1. The molecule has 1 amide bonds. The van der Waals surface area contributed by atoms with E-state index < -0.39 is 0 Å². The molecule has 0 aliphatic heterocycles. The quantitative estimate of drug-likeness (QED) is 0.333. The number of aromatic nitrogens is 4. The molecule has 3 aromatic heterocycles. The van der Waals surface area contributed by atoms with Crippen molar-refractivity contribution in [2.45, 2.75) is 39.4 Å². The third-order valence-electron chi connectivity index (χ3n) is 5.51. The number of nitriles is 1. The number of hydrogen-bond acceptors (Lipinski definition) is 6. The van der Waals surface area contributed by atoms with E-state index in [-0.39, 0.29) is 17.5 Å². The van der Waals surface area contributed by atoms with Gasteiger partial charge in [-0.05, 0) is 61.7 Å². The molecule has 0 spiro atoms. The Balaban J connectivity index is 1.58. The molecule has 1 aromatic carbocycles. The summed E-state index contributed by atoms with van der Waals surface area (Å²) < 4.78 is 22.7. The van der Waals surface area contributed by atoms with Crippen LogP contribution in [-0.4, -0.2) is 31.0 Å². The fourth-order valence-corrected chi connectivity index (χ4v) is 4.53. The summed E-state index contributed by atoms with van der Waals surface area (Å²) in [6.07, 6.45) is 1.58. The van der Waals surface area contributed by atoms with Crippen LogP contribution in [0.1, 0.15) is 30.7 Å². The van der Waals surface area contributed by atoms with Crippen LogP contribution in [0.3, 0.4) is 0 Å². The summed E-state index contributed by atoms with van der Waals surface area (Å²) in [5, 5.41) is 21.8. The fourth-order valence-electron chi connectivity index (χ4n) is 3.79. The summed E-state index contributed by atoms with van der Waals surface area (Å²) in [5.41, 5.74) is 2.56. The topological polar surface area (TPSA) is 102 Å². The van der Waals surface area contributed by atoms with Crippen LogP contribution in [0.5, 0.6) is 0 Å². The molecule has 0 aliphatic carbocycles. The zero-order valence-corrected chi connectivity index (χ0v) is 20.7. The lowest BCUT2D eigenvalue weighted by atomic mass is 10.2. The van der Waals surface area contributed by atoms with E-state index in [0.717, 1.165) is 11.3 Å². The van der Waals surface area contributed by atoms with Gasteiger partial charge in [-0.2, -0.15) is 5.26 Å². The van der Waals surface area contributed by atoms with Gasteiger partial charge in [-0.3, -0.25) is 13.9 Å². The predicted octanol–water partition coefficient (Wildman–Crippen LogP) is 5.34. The van der Waals surface area contributed by atoms with Crippen LogP contribution in [0.25, 0.3) is 17.3 Å². The Bertz CT molecular complexity index is 1380. The van der Waals surface area contributed by atoms with Crippen molar-refractivity contribution < 1.29 is 13.6 Å². The van der Waals surface area contributed by atoms with E-state index in [1.54, 1.807) is 29.0 Å². The van der Waals surface area contributed by atoms with Crippen LogP contribution >= 0.6 is 11.8 Å². The third kappa shape index (κ3) is 5.00. The molecule has 3 heterocycles. The van der Waals surface area contributed by atoms with Gasteiger partial charge < -0.3 is 9.73 Å². The second-order valence-corrected chi connectivity index (χ2v) is 9.42. The van der Waals surface area contributed by atoms with E-state index in [1.165, 1.54) is 23.9 Å². The summed E-state index contributed by atoms with van der Waals surface area (Å²) in [6.45, 7) is 8.52. The Kier molecular flexibility index (Phi) is 7.07. The minimum atomic E-state index is -0.364. The first-order valence-corrected chi connectivity index (χ1v) is 12.1. The standard InChI is InChI=1S/C25H25FN6O2S/c1-15(2)13-31-24(21-6-5-11-34-21)29-30-25(31)35-14-22(33)28-23-20(12-27)16(3)17(4)32(23)19-9-7-18(26)8-10-19/h5-11,15H,13-14H2,1-4H3,(H,28,33). The SMILES string of the molecule is Cc1c(C#N)c(NC(=O)CSc2nnc(-c3ccco3)n2CC(C)C)n(-c2ccc(F)cc2)c1C. The molecule has 4 rings (SSSR count). The Morgan fingerprint density at radius 2 is 1.97 bits per heavy atom. The Hall–Kier alpha value is -3.84. The highest BCUT2D eigenvalue weighted by molar-refractivity contribution is 7.99. The van der Waals surface area contributed by atoms with Crippen molar-refractivity contribution in [2.75, 3.05) is 11.1 Å². The lowest BCUT2D eigenvalue weighted by Gasteiger charge is -2.14. The molecular formula is C25H25FN6O2S. The van der Waals surface area contributed by atoms with Crippen molar-refractivity contribution in [2.24, 2.45) is 5.92 Å². The van der Waals surface area contributed by atoms with Crippen molar-refractivity contribution in [1.29, 1.82) is 5.26 Å². The number of halogens is 1. The van der Waals surface area contributed by atoms with Crippen molar-refractivity contribution in [3.63, 3.8) is 0 Å². The minimum Gasteiger partial charge on any atom is -0.461 e. The highest BCUT2D eigenvalue weighted by atomic mass is 32.2. The number of anilines is 1. The number of carbonyl (C=O) groups excluding carboxylic acids is 1. The maximum Gasteiger partial charge on any atom is 0.236 e. The van der Waals surface area contributed by atoms with Crippen molar-refractivity contribution >= 4 is 23.5 Å². The van der Waals surface area contributed by atoms with E-state index in [4.69, 9.17) is 4.42 Å². The summed E-state index contributed by atoms with van der Waals surface area (Å²) in [6, 6.07) is 11.7. The molecule has 1 N–H and O–H groups in total. The van der Waals surface area contributed by atoms with Gasteiger partial charge in [0.05, 0.1) is 17.6 Å². The molecule has 0 saturated heterocycles. The van der Waals surface area contributed by atoms with E-state index in [1.807, 2.05) is 24.5 Å². The Morgan fingerprint density at radius 3 is 2.60 bits per heavy atom. The van der Waals surface area contributed by atoms with Gasteiger partial charge in [-0.15, -0.1) is 10.2 Å². The number of rotatable bonds is 8. The number of benzene rings is 1. The van der Waals surface area contributed by atoms with Crippen molar-refractivity contribution in [3.8, 4) is 23.3 Å². The zero-order chi connectivity index (χ0) is 25.1. The fraction of sp³-hybridized carbons (Fsp3) is 0.280. The Morgan fingerprint density at radius 1 is 1.23 bits per heavy atom. The second-order valence-electron chi connectivity index (χ2n) is 8.48. The van der Waals surface area contributed by atoms with Crippen LogP contribution in [0.4, 0.5) is 10.2 Å². The van der Waals surface area contributed by atoms with Gasteiger partial charge in [0.15, 0.2) is 16.7 Å². The van der Waals surface area contributed by atoms with Gasteiger partial charge in [0.1, 0.15) is 17.7 Å². The van der Waals surface area contributed by atoms with Gasteiger partial charge in [-0.25, -0.2) is 4.39 Å². The van der Waals surface area contributed by atoms with Crippen LogP contribution in [0.15, 0.2) is 52.2 Å². The molecular weight excluding hydrogens is 467 g/mol. The Labute approximate surface area is 206 Å². The molecule has 0 saturated carbocycles. The molecule has 0 fully saturated rings. The first-order valence-electron chi connectivity index (χ1n) is 11.1. The van der Waals surface area contributed by atoms with Crippen molar-refractivity contribution in [1.82, 2.24) is 19.3 Å². The first kappa shape index (κ1) is 24.3. The average Bonchev–Trinajstić information content (AvgIpc) is 3.53. The van der Waals surface area contributed by atoms with Gasteiger partial charge in [0, 0.05) is 17.9 Å². The maximum absolute atomic E-state index is 13.5. The van der Waals surface area contributed by atoms with E-state index in [9.17, 15) is 14.4 Å². The molecule has 4 aromatic rings. The van der Waals surface area contributed by atoms with Crippen molar-refractivity contribution in [3.05, 3.63) is 65.3 Å². The van der Waals surface area contributed by atoms with Crippen LogP contribution < -0.4 is 5.32 Å². The lowest BCUT2D eigenvalue weighted by molar-refractivity contribution is -0.113. The smallest absolute Gasteiger partial charge is 0.236 e. The van der Waals surface area contributed by atoms with Gasteiger partial charge in [0.2, 0.25) is 5.91 Å².